The maximum absolute atomic E-state index is 14.1. The van der Waals surface area contributed by atoms with E-state index in [1.807, 2.05) is 6.07 Å². The summed E-state index contributed by atoms with van der Waals surface area (Å²) < 4.78 is 43.7. The third-order valence-corrected chi connectivity index (χ3v) is 11.0. The summed E-state index contributed by atoms with van der Waals surface area (Å²) in [6, 6.07) is 3.15. The van der Waals surface area contributed by atoms with Crippen LogP contribution in [0.1, 0.15) is 62.9 Å². The highest BCUT2D eigenvalue weighted by Crippen LogP contribution is 2.46. The third kappa shape index (κ3) is 5.40. The maximum Gasteiger partial charge on any atom is 0.424 e. The average Bonchev–Trinajstić information content (AvgIpc) is 3.31. The minimum absolute atomic E-state index is 0.0381. The van der Waals surface area contributed by atoms with Crippen LogP contribution >= 0.6 is 11.3 Å². The number of amides is 1. The van der Waals surface area contributed by atoms with E-state index in [0.717, 1.165) is 31.5 Å². The van der Waals surface area contributed by atoms with E-state index in [1.165, 1.54) is 10.6 Å². The lowest BCUT2D eigenvalue weighted by molar-refractivity contribution is 0.0332. The van der Waals surface area contributed by atoms with E-state index >= 15 is 0 Å². The number of carbonyl (C=O) groups excluding carboxylic acids is 1. The number of ether oxygens (including phenoxy) is 2. The second kappa shape index (κ2) is 10.1. The van der Waals surface area contributed by atoms with Crippen LogP contribution in [-0.4, -0.2) is 53.9 Å². The summed E-state index contributed by atoms with van der Waals surface area (Å²) in [6.45, 7) is 7.46. The molecule has 5 heterocycles. The van der Waals surface area contributed by atoms with Gasteiger partial charge in [0.25, 0.3) is 15.6 Å². The number of hydrogen-bond acceptors (Lipinski definition) is 10. The van der Waals surface area contributed by atoms with Gasteiger partial charge in [0.05, 0.1) is 49.1 Å². The highest BCUT2D eigenvalue weighted by atomic mass is 32.2. The quantitative estimate of drug-likeness (QED) is 0.301. The molecule has 1 saturated carbocycles. The van der Waals surface area contributed by atoms with Gasteiger partial charge in [-0.05, 0) is 58.2 Å². The Kier molecular flexibility index (Phi) is 6.89. The molecule has 2 aliphatic rings. The van der Waals surface area contributed by atoms with E-state index in [-0.39, 0.29) is 27.5 Å². The monoisotopic (exact) mass is 628 g/mol. The van der Waals surface area contributed by atoms with E-state index in [2.05, 4.69) is 10.1 Å². The summed E-state index contributed by atoms with van der Waals surface area (Å²) in [4.78, 5) is 45.5. The molecule has 0 spiro atoms. The predicted molar refractivity (Wildman–Crippen MR) is 157 cm³/mol. The molecule has 0 N–H and O–H groups in total. The van der Waals surface area contributed by atoms with Gasteiger partial charge in [0.1, 0.15) is 14.6 Å². The third-order valence-electron chi connectivity index (χ3n) is 7.44. The predicted octanol–water partition coefficient (Wildman–Crippen LogP) is 2.96. The Morgan fingerprint density at radius 1 is 1.12 bits per heavy atom. The van der Waals surface area contributed by atoms with Gasteiger partial charge in [-0.1, -0.05) is 0 Å². The fourth-order valence-corrected chi connectivity index (χ4v) is 8.28. The van der Waals surface area contributed by atoms with Crippen LogP contribution in [0.25, 0.3) is 10.2 Å². The first-order valence-electron chi connectivity index (χ1n) is 13.7. The second-order valence-corrected chi connectivity index (χ2v) is 15.3. The van der Waals surface area contributed by atoms with Crippen LogP contribution in [0.4, 0.5) is 4.79 Å². The van der Waals surface area contributed by atoms with Crippen molar-refractivity contribution in [3.8, 4) is 0 Å². The van der Waals surface area contributed by atoms with Crippen molar-refractivity contribution in [2.75, 3.05) is 0 Å². The highest BCUT2D eigenvalue weighted by molar-refractivity contribution is 7.92. The van der Waals surface area contributed by atoms with Gasteiger partial charge < -0.3 is 9.47 Å². The van der Waals surface area contributed by atoms with Gasteiger partial charge in [0.15, 0.2) is 0 Å². The summed E-state index contributed by atoms with van der Waals surface area (Å²) in [7, 11) is -2.73. The van der Waals surface area contributed by atoms with Gasteiger partial charge in [-0.2, -0.15) is 17.8 Å². The second-order valence-electron chi connectivity index (χ2n) is 12.3. The molecule has 1 aliphatic carbocycles. The first-order chi connectivity index (χ1) is 20.2. The Morgan fingerprint density at radius 3 is 2.49 bits per heavy atom. The molecule has 1 amide bonds. The van der Waals surface area contributed by atoms with Gasteiger partial charge in [0.2, 0.25) is 0 Å². The minimum atomic E-state index is -4.45. The van der Waals surface area contributed by atoms with Gasteiger partial charge in [-0.25, -0.2) is 9.59 Å². The summed E-state index contributed by atoms with van der Waals surface area (Å²) in [5, 5.41) is 4.18. The smallest absolute Gasteiger partial charge is 0.424 e. The lowest BCUT2D eigenvalue weighted by Crippen LogP contribution is -2.47. The number of hydrogen-bond donors (Lipinski definition) is 0. The normalized spacial score (nSPS) is 15.9. The van der Waals surface area contributed by atoms with Crippen LogP contribution in [0.3, 0.4) is 0 Å². The van der Waals surface area contributed by atoms with Crippen molar-refractivity contribution in [2.24, 2.45) is 7.05 Å². The van der Waals surface area contributed by atoms with Crippen molar-refractivity contribution in [2.45, 2.75) is 82.2 Å². The van der Waals surface area contributed by atoms with Crippen LogP contribution in [0.5, 0.6) is 0 Å². The molecule has 1 fully saturated rings. The molecule has 6 rings (SSSR count). The average molecular weight is 629 g/mol. The zero-order valence-corrected chi connectivity index (χ0v) is 26.1. The molecule has 228 valence electrons. The van der Waals surface area contributed by atoms with Crippen LogP contribution in [0.15, 0.2) is 44.5 Å². The molecule has 0 aromatic carbocycles. The molecule has 1 aliphatic heterocycles. The Hall–Kier alpha value is -3.82. The van der Waals surface area contributed by atoms with Crippen LogP contribution in [-0.2, 0) is 52.8 Å². The largest absolute Gasteiger partial charge is 0.443 e. The molecule has 4 aromatic heterocycles. The standard InChI is InChI=1S/C28H32N6O7S2/c1-27(2,3)41-26(37)34(28(4)6-7-28)43(38,39)22-9-20-23(35)32(14-18-11-30-31(5)12-18)25(36)33(24(20)42-22)13-17-8-19-15-40-16-21(19)29-10-17/h8-12H,6-7,13-16H2,1-5H3. The molecule has 0 radical (unpaired) electrons. The summed E-state index contributed by atoms with van der Waals surface area (Å²) >= 11 is 0.781. The highest BCUT2D eigenvalue weighted by Gasteiger charge is 2.54. The number of thiophene rings is 1. The molecule has 4 aromatic rings. The molecular weight excluding hydrogens is 596 g/mol. The Balaban J connectivity index is 1.51. The molecular formula is C28H32N6O7S2. The van der Waals surface area contributed by atoms with Crippen LogP contribution < -0.4 is 11.2 Å². The minimum Gasteiger partial charge on any atom is -0.443 e. The summed E-state index contributed by atoms with van der Waals surface area (Å²) in [6.07, 6.45) is 4.88. The van der Waals surface area contributed by atoms with E-state index in [9.17, 15) is 22.8 Å². The Morgan fingerprint density at radius 2 is 1.84 bits per heavy atom. The Bertz CT molecular complexity index is 1990. The molecule has 13 nitrogen and oxygen atoms in total. The van der Waals surface area contributed by atoms with Crippen LogP contribution in [0.2, 0.25) is 0 Å². The van der Waals surface area contributed by atoms with Gasteiger partial charge in [-0.3, -0.25) is 23.6 Å². The van der Waals surface area contributed by atoms with E-state index in [4.69, 9.17) is 9.47 Å². The van der Waals surface area contributed by atoms with Gasteiger partial charge in [0, 0.05) is 30.6 Å². The van der Waals surface area contributed by atoms with E-state index < -0.39 is 38.5 Å². The molecule has 0 unspecified atom stereocenters. The van der Waals surface area contributed by atoms with Crippen molar-refractivity contribution in [1.82, 2.24) is 28.2 Å². The zero-order valence-electron chi connectivity index (χ0n) is 24.5. The topological polar surface area (TPSA) is 148 Å². The first kappa shape index (κ1) is 29.3. The number of nitrogens with zero attached hydrogens (tertiary/aromatic N) is 6. The SMILES string of the molecule is Cn1cc(Cn2c(=O)c3cc(S(=O)(=O)N(C(=O)OC(C)(C)C)C4(C)CC4)sc3n(Cc3cnc4c(c3)COC4)c2=O)cn1. The van der Waals surface area contributed by atoms with Gasteiger partial charge in [-0.15, -0.1) is 11.3 Å². The van der Waals surface area contributed by atoms with Crippen molar-refractivity contribution in [3.63, 3.8) is 0 Å². The number of aromatic nitrogens is 5. The molecule has 0 atom stereocenters. The Labute approximate surface area is 251 Å². The number of pyridine rings is 1. The number of rotatable bonds is 7. The van der Waals surface area contributed by atoms with E-state index in [0.29, 0.717) is 37.2 Å². The van der Waals surface area contributed by atoms with Crippen LogP contribution in [0, 0.1) is 0 Å². The number of carbonyl (C=O) groups is 1. The summed E-state index contributed by atoms with van der Waals surface area (Å²) in [5.74, 6) is 0. The number of sulfonamides is 1. The number of aryl methyl sites for hydroxylation is 1. The molecule has 43 heavy (non-hydrogen) atoms. The van der Waals surface area contributed by atoms with Gasteiger partial charge >= 0.3 is 11.8 Å². The first-order valence-corrected chi connectivity index (χ1v) is 16.0. The van der Waals surface area contributed by atoms with Crippen molar-refractivity contribution >= 4 is 37.7 Å². The molecule has 15 heteroatoms. The fourth-order valence-electron chi connectivity index (χ4n) is 5.08. The van der Waals surface area contributed by atoms with Crippen molar-refractivity contribution in [1.29, 1.82) is 0 Å². The lowest BCUT2D eigenvalue weighted by Gasteiger charge is -2.30. The van der Waals surface area contributed by atoms with E-state index in [1.54, 1.807) is 58.0 Å². The fraction of sp³-hybridized carbons (Fsp3) is 0.464. The zero-order chi connectivity index (χ0) is 30.9. The molecule has 0 saturated heterocycles. The number of fused-ring (bicyclic) bond motifs is 2. The maximum atomic E-state index is 14.1. The lowest BCUT2D eigenvalue weighted by atomic mass is 10.1. The molecule has 0 bridgehead atoms. The van der Waals surface area contributed by atoms with Crippen molar-refractivity contribution < 1.29 is 22.7 Å². The summed E-state index contributed by atoms with van der Waals surface area (Å²) in [5.41, 5.74) is -0.0698. The van der Waals surface area contributed by atoms with Crippen molar-refractivity contribution in [3.05, 3.63) is 73.9 Å².